The van der Waals surface area contributed by atoms with E-state index in [1.54, 1.807) is 0 Å². The summed E-state index contributed by atoms with van der Waals surface area (Å²) in [6.45, 7) is 1.84. The molecule has 246 valence electrons. The molecule has 2 rings (SSSR count). The second-order valence-electron chi connectivity index (χ2n) is 9.34. The van der Waals surface area contributed by atoms with Gasteiger partial charge in [-0.15, -0.1) is 0 Å². The van der Waals surface area contributed by atoms with Crippen molar-refractivity contribution in [2.24, 2.45) is 0 Å². The quantitative estimate of drug-likeness (QED) is 0.0620. The first-order valence-corrected chi connectivity index (χ1v) is 14.4. The minimum Gasteiger partial charge on any atom is -0.394 e. The zero-order valence-corrected chi connectivity index (χ0v) is 24.1. The molecule has 0 unspecified atom stereocenters. The van der Waals surface area contributed by atoms with E-state index in [2.05, 4.69) is 5.32 Å². The lowest BCUT2D eigenvalue weighted by Gasteiger charge is -2.45. The van der Waals surface area contributed by atoms with Crippen molar-refractivity contribution in [1.82, 2.24) is 5.32 Å². The second-order valence-corrected chi connectivity index (χ2v) is 10.5. The fraction of sp³-hybridized carbons (Fsp3) is 0.917. The van der Waals surface area contributed by atoms with Crippen molar-refractivity contribution in [3.8, 4) is 0 Å². The molecule has 10 atom stereocenters. The highest BCUT2D eigenvalue weighted by atomic mass is 32.2. The number of thioether (sulfide) groups is 1. The Balaban J connectivity index is 1.57. The highest BCUT2D eigenvalue weighted by Gasteiger charge is 2.50. The number of carbonyl (C=O) groups excluding carboxylic acids is 2. The molecule has 8 N–H and O–H groups in total. The van der Waals surface area contributed by atoms with Gasteiger partial charge in [-0.3, -0.25) is 9.59 Å². The first kappa shape index (κ1) is 37.1. The Morgan fingerprint density at radius 2 is 1.26 bits per heavy atom. The monoisotopic (exact) mass is 633 g/mol. The predicted octanol–water partition coefficient (Wildman–Crippen LogP) is -4.93. The summed E-state index contributed by atoms with van der Waals surface area (Å²) in [5.41, 5.74) is 0. The molecule has 0 aromatic heterocycles. The predicted molar refractivity (Wildman–Crippen MR) is 141 cm³/mol. The number of aliphatic hydroxyl groups excluding tert-OH is 7. The van der Waals surface area contributed by atoms with Crippen molar-refractivity contribution in [3.05, 3.63) is 0 Å². The third kappa shape index (κ3) is 12.1. The van der Waals surface area contributed by atoms with Crippen molar-refractivity contribution in [1.29, 1.82) is 0 Å². The van der Waals surface area contributed by atoms with E-state index < -0.39 is 74.6 Å². The molecule has 0 bridgehead atoms. The van der Waals surface area contributed by atoms with Crippen molar-refractivity contribution in [2.45, 2.75) is 68.3 Å². The Labute approximate surface area is 246 Å². The molecule has 0 aromatic rings. The molecular weight excluding hydrogens is 590 g/mol. The standard InChI is InChI=1S/C24H43NO16S/c1-13(28)42-12-16(29)25-2-3-35-4-5-36-6-7-37-8-9-38-23-21(34)19(32)22(15(11-27)40-23)41-24-20(33)18(31)17(30)14(10-26)39-24/h14-15,17-24,26-27,30-34H,2-12H2,1H3,(H,25,29)/t14-,15-,17+,18+,19-,20-,21-,22-,23-,24+/m1/s1. The number of aliphatic hydroxyl groups is 7. The van der Waals surface area contributed by atoms with Gasteiger partial charge >= 0.3 is 0 Å². The zero-order valence-electron chi connectivity index (χ0n) is 23.3. The summed E-state index contributed by atoms with van der Waals surface area (Å²) in [5, 5.41) is 72.6. The topological polar surface area (TPSA) is 252 Å². The molecule has 17 nitrogen and oxygen atoms in total. The maximum absolute atomic E-state index is 11.4. The van der Waals surface area contributed by atoms with E-state index in [-0.39, 0.29) is 43.2 Å². The van der Waals surface area contributed by atoms with Gasteiger partial charge < -0.3 is 74.2 Å². The lowest BCUT2D eigenvalue weighted by Crippen LogP contribution is -2.64. The van der Waals surface area contributed by atoms with E-state index >= 15 is 0 Å². The molecule has 2 fully saturated rings. The van der Waals surface area contributed by atoms with Gasteiger partial charge in [-0.1, -0.05) is 11.8 Å². The maximum atomic E-state index is 11.4. The smallest absolute Gasteiger partial charge is 0.230 e. The van der Waals surface area contributed by atoms with Crippen LogP contribution in [0.2, 0.25) is 0 Å². The Bertz CT molecular complexity index is 779. The van der Waals surface area contributed by atoms with Crippen LogP contribution in [0, 0.1) is 0 Å². The number of hydrogen-bond acceptors (Lipinski definition) is 17. The van der Waals surface area contributed by atoms with Crippen molar-refractivity contribution in [3.63, 3.8) is 0 Å². The van der Waals surface area contributed by atoms with Gasteiger partial charge in [-0.2, -0.15) is 0 Å². The minimum absolute atomic E-state index is 0.0371. The molecule has 0 aromatic carbocycles. The van der Waals surface area contributed by atoms with Crippen LogP contribution < -0.4 is 5.32 Å². The van der Waals surface area contributed by atoms with Crippen LogP contribution >= 0.6 is 11.8 Å². The van der Waals surface area contributed by atoms with Crippen LogP contribution in [0.25, 0.3) is 0 Å². The second kappa shape index (κ2) is 20.1. The number of nitrogens with one attached hydrogen (secondary N) is 1. The first-order chi connectivity index (χ1) is 20.1. The Morgan fingerprint density at radius 3 is 1.86 bits per heavy atom. The van der Waals surface area contributed by atoms with Crippen LogP contribution in [0.15, 0.2) is 0 Å². The molecule has 0 radical (unpaired) electrons. The largest absolute Gasteiger partial charge is 0.394 e. The van der Waals surface area contributed by atoms with Crippen LogP contribution in [0.3, 0.4) is 0 Å². The third-order valence-corrected chi connectivity index (χ3v) is 7.00. The van der Waals surface area contributed by atoms with Gasteiger partial charge in [0.05, 0.1) is 65.2 Å². The SMILES string of the molecule is CC(=O)SCC(=O)NCCOCCOCCOCCO[C@@H]1O[C@H](CO)[C@@H](O[C@@H]2O[C@H](CO)[C@H](O)[C@H](O)[C@H]2O)[C@H](O)[C@H]1O. The molecule has 2 saturated heterocycles. The Kier molecular flexibility index (Phi) is 17.7. The summed E-state index contributed by atoms with van der Waals surface area (Å²) < 4.78 is 37.7. The van der Waals surface area contributed by atoms with Gasteiger partial charge in [0.1, 0.15) is 48.8 Å². The van der Waals surface area contributed by atoms with E-state index in [0.717, 1.165) is 11.8 Å². The van der Waals surface area contributed by atoms with Crippen LogP contribution in [0.1, 0.15) is 6.92 Å². The molecule has 2 aliphatic rings. The fourth-order valence-corrected chi connectivity index (χ4v) is 4.38. The molecule has 42 heavy (non-hydrogen) atoms. The van der Waals surface area contributed by atoms with Crippen LogP contribution in [0.5, 0.6) is 0 Å². The van der Waals surface area contributed by atoms with Crippen LogP contribution in [-0.2, 0) is 42.7 Å². The number of hydrogen-bond donors (Lipinski definition) is 8. The van der Waals surface area contributed by atoms with Gasteiger partial charge in [0, 0.05) is 13.5 Å². The summed E-state index contributed by atoms with van der Waals surface area (Å²) in [5.74, 6) is -0.164. The molecule has 1 amide bonds. The van der Waals surface area contributed by atoms with E-state index in [9.17, 15) is 45.3 Å². The molecule has 18 heteroatoms. The molecule has 2 aliphatic heterocycles. The third-order valence-electron chi connectivity index (χ3n) is 6.19. The Hall–Kier alpha value is -1.07. The van der Waals surface area contributed by atoms with Crippen molar-refractivity contribution in [2.75, 3.05) is 71.8 Å². The molecule has 0 spiro atoms. The van der Waals surface area contributed by atoms with E-state index in [0.29, 0.717) is 26.4 Å². The van der Waals surface area contributed by atoms with E-state index in [4.69, 9.17) is 33.2 Å². The highest BCUT2D eigenvalue weighted by Crippen LogP contribution is 2.29. The Morgan fingerprint density at radius 1 is 0.714 bits per heavy atom. The van der Waals surface area contributed by atoms with Gasteiger partial charge in [0.15, 0.2) is 17.7 Å². The van der Waals surface area contributed by atoms with Crippen molar-refractivity contribution < 1.29 is 78.5 Å². The van der Waals surface area contributed by atoms with Gasteiger partial charge in [-0.05, 0) is 0 Å². The number of amides is 1. The normalized spacial score (nSPS) is 33.4. The first-order valence-electron chi connectivity index (χ1n) is 13.4. The summed E-state index contributed by atoms with van der Waals surface area (Å²) in [7, 11) is 0. The number of rotatable bonds is 19. The highest BCUT2D eigenvalue weighted by molar-refractivity contribution is 8.14. The average molecular weight is 634 g/mol. The fourth-order valence-electron chi connectivity index (χ4n) is 3.94. The maximum Gasteiger partial charge on any atom is 0.230 e. The zero-order chi connectivity index (χ0) is 31.1. The lowest BCUT2D eigenvalue weighted by atomic mass is 9.97. The summed E-state index contributed by atoms with van der Waals surface area (Å²) in [4.78, 5) is 22.2. The van der Waals surface area contributed by atoms with E-state index in [1.165, 1.54) is 6.92 Å². The van der Waals surface area contributed by atoms with Gasteiger partial charge in [-0.25, -0.2) is 0 Å². The van der Waals surface area contributed by atoms with Crippen LogP contribution in [-0.4, -0.2) is 180 Å². The molecular formula is C24H43NO16S. The summed E-state index contributed by atoms with van der Waals surface area (Å²) in [6, 6.07) is 0. The summed E-state index contributed by atoms with van der Waals surface area (Å²) in [6.07, 6.45) is -15.2. The minimum atomic E-state index is -1.75. The van der Waals surface area contributed by atoms with Gasteiger partial charge in [0.25, 0.3) is 0 Å². The summed E-state index contributed by atoms with van der Waals surface area (Å²) >= 11 is 0.936. The number of ether oxygens (including phenoxy) is 7. The van der Waals surface area contributed by atoms with Gasteiger partial charge in [0.2, 0.25) is 5.91 Å². The molecule has 0 saturated carbocycles. The average Bonchev–Trinajstić information content (AvgIpc) is 2.97. The lowest BCUT2D eigenvalue weighted by molar-refractivity contribution is -0.359. The van der Waals surface area contributed by atoms with Crippen LogP contribution in [0.4, 0.5) is 0 Å². The number of carbonyl (C=O) groups is 2. The molecule has 2 heterocycles. The molecule has 0 aliphatic carbocycles. The van der Waals surface area contributed by atoms with E-state index in [1.807, 2.05) is 0 Å². The van der Waals surface area contributed by atoms with Crippen molar-refractivity contribution >= 4 is 22.8 Å².